The first-order chi connectivity index (χ1) is 8.61. The largest absolute Gasteiger partial charge is 0.493 e. The van der Waals surface area contributed by atoms with Gasteiger partial charge in [-0.15, -0.1) is 0 Å². The zero-order valence-corrected chi connectivity index (χ0v) is 10.7. The van der Waals surface area contributed by atoms with Crippen molar-refractivity contribution < 1.29 is 9.47 Å². The van der Waals surface area contributed by atoms with E-state index in [-0.39, 0.29) is 0 Å². The molecule has 0 radical (unpaired) electrons. The molecule has 2 rings (SSSR count). The molecule has 0 saturated carbocycles. The number of rotatable bonds is 3. The quantitative estimate of drug-likeness (QED) is 0.901. The van der Waals surface area contributed by atoms with Gasteiger partial charge in [0.25, 0.3) is 0 Å². The lowest BCUT2D eigenvalue weighted by Gasteiger charge is -2.12. The summed E-state index contributed by atoms with van der Waals surface area (Å²) in [6.45, 7) is 3.90. The first-order valence-corrected chi connectivity index (χ1v) is 5.65. The van der Waals surface area contributed by atoms with Gasteiger partial charge >= 0.3 is 0 Å². The van der Waals surface area contributed by atoms with Crippen LogP contribution in [0.3, 0.4) is 0 Å². The molecule has 0 fully saturated rings. The van der Waals surface area contributed by atoms with Crippen LogP contribution in [0, 0.1) is 13.8 Å². The molecule has 1 aromatic heterocycles. The van der Waals surface area contributed by atoms with E-state index < -0.39 is 0 Å². The Kier molecular flexibility index (Phi) is 3.37. The van der Waals surface area contributed by atoms with Crippen molar-refractivity contribution >= 4 is 5.69 Å². The molecule has 4 nitrogen and oxygen atoms in total. The van der Waals surface area contributed by atoms with Crippen molar-refractivity contribution in [3.8, 4) is 17.4 Å². The molecular formula is C14H16N2O2. The topological polar surface area (TPSA) is 57.4 Å². The van der Waals surface area contributed by atoms with Crippen molar-refractivity contribution in [3.05, 3.63) is 41.6 Å². The maximum absolute atomic E-state index is 5.92. The van der Waals surface area contributed by atoms with Gasteiger partial charge in [-0.1, -0.05) is 6.07 Å². The summed E-state index contributed by atoms with van der Waals surface area (Å²) in [6, 6.07) is 7.54. The molecule has 1 heterocycles. The number of nitrogens with zero attached hydrogens (tertiary/aromatic N) is 1. The number of hydrogen-bond acceptors (Lipinski definition) is 4. The van der Waals surface area contributed by atoms with Gasteiger partial charge in [0.1, 0.15) is 0 Å². The van der Waals surface area contributed by atoms with Crippen LogP contribution in [0.5, 0.6) is 17.4 Å². The second-order valence-electron chi connectivity index (χ2n) is 4.10. The van der Waals surface area contributed by atoms with E-state index in [1.807, 2.05) is 38.1 Å². The van der Waals surface area contributed by atoms with E-state index in [0.717, 1.165) is 11.1 Å². The van der Waals surface area contributed by atoms with Gasteiger partial charge < -0.3 is 15.2 Å². The highest BCUT2D eigenvalue weighted by Crippen LogP contribution is 2.34. The summed E-state index contributed by atoms with van der Waals surface area (Å²) in [5, 5.41) is 0. The fourth-order valence-corrected chi connectivity index (χ4v) is 1.59. The molecule has 0 saturated heterocycles. The molecule has 1 aromatic carbocycles. The van der Waals surface area contributed by atoms with Gasteiger partial charge in [-0.2, -0.15) is 0 Å². The van der Waals surface area contributed by atoms with E-state index >= 15 is 0 Å². The van der Waals surface area contributed by atoms with Crippen LogP contribution in [-0.2, 0) is 0 Å². The Bertz CT molecular complexity index is 568. The second-order valence-corrected chi connectivity index (χ2v) is 4.10. The number of benzene rings is 1. The number of aryl methyl sites for hydroxylation is 2. The van der Waals surface area contributed by atoms with Gasteiger partial charge in [0.05, 0.1) is 12.8 Å². The summed E-state index contributed by atoms with van der Waals surface area (Å²) in [5.41, 5.74) is 8.50. The van der Waals surface area contributed by atoms with Crippen molar-refractivity contribution in [3.63, 3.8) is 0 Å². The van der Waals surface area contributed by atoms with Gasteiger partial charge in [0.15, 0.2) is 11.5 Å². The van der Waals surface area contributed by atoms with Crippen LogP contribution in [0.25, 0.3) is 0 Å². The molecule has 0 amide bonds. The number of aromatic nitrogens is 1. The summed E-state index contributed by atoms with van der Waals surface area (Å²) >= 11 is 0. The number of nitrogens with two attached hydrogens (primary N) is 1. The van der Waals surface area contributed by atoms with E-state index in [2.05, 4.69) is 4.98 Å². The molecule has 0 bridgehead atoms. The van der Waals surface area contributed by atoms with Crippen molar-refractivity contribution in [2.75, 3.05) is 12.8 Å². The Morgan fingerprint density at radius 3 is 2.61 bits per heavy atom. The molecule has 0 atom stereocenters. The molecule has 2 aromatic rings. The van der Waals surface area contributed by atoms with E-state index in [0.29, 0.717) is 23.1 Å². The zero-order valence-electron chi connectivity index (χ0n) is 10.7. The van der Waals surface area contributed by atoms with Crippen molar-refractivity contribution in [1.29, 1.82) is 0 Å². The van der Waals surface area contributed by atoms with Gasteiger partial charge in [-0.25, -0.2) is 4.98 Å². The highest BCUT2D eigenvalue weighted by molar-refractivity contribution is 5.56. The van der Waals surface area contributed by atoms with Crippen LogP contribution in [0.1, 0.15) is 11.1 Å². The Labute approximate surface area is 106 Å². The zero-order chi connectivity index (χ0) is 13.1. The first kappa shape index (κ1) is 12.2. The molecule has 2 N–H and O–H groups in total. The standard InChI is InChI=1S/C14H16N2O2/c1-9-4-5-11(12(8-9)17-3)18-14-13(15)10(2)6-7-16-14/h4-8H,15H2,1-3H3. The number of hydrogen-bond donors (Lipinski definition) is 1. The van der Waals surface area contributed by atoms with Crippen LogP contribution in [-0.4, -0.2) is 12.1 Å². The normalized spacial score (nSPS) is 10.2. The van der Waals surface area contributed by atoms with Gasteiger partial charge in [-0.05, 0) is 43.2 Å². The number of pyridine rings is 1. The first-order valence-electron chi connectivity index (χ1n) is 5.65. The van der Waals surface area contributed by atoms with E-state index in [1.165, 1.54) is 0 Å². The van der Waals surface area contributed by atoms with Crippen LogP contribution in [0.4, 0.5) is 5.69 Å². The molecule has 0 aliphatic carbocycles. The highest BCUT2D eigenvalue weighted by Gasteiger charge is 2.10. The SMILES string of the molecule is COc1cc(C)ccc1Oc1nccc(C)c1N. The highest BCUT2D eigenvalue weighted by atomic mass is 16.5. The van der Waals surface area contributed by atoms with Crippen LogP contribution in [0.15, 0.2) is 30.5 Å². The van der Waals surface area contributed by atoms with Gasteiger partial charge in [0.2, 0.25) is 5.88 Å². The molecule has 0 aliphatic rings. The lowest BCUT2D eigenvalue weighted by Crippen LogP contribution is -1.98. The average Bonchev–Trinajstić information content (AvgIpc) is 2.37. The number of anilines is 1. The van der Waals surface area contributed by atoms with Crippen molar-refractivity contribution in [2.24, 2.45) is 0 Å². The van der Waals surface area contributed by atoms with Crippen LogP contribution >= 0.6 is 0 Å². The Morgan fingerprint density at radius 2 is 1.89 bits per heavy atom. The Hall–Kier alpha value is -2.23. The Balaban J connectivity index is 2.37. The fraction of sp³-hybridized carbons (Fsp3) is 0.214. The number of nitrogen functional groups attached to an aromatic ring is 1. The molecular weight excluding hydrogens is 228 g/mol. The predicted octanol–water partition coefficient (Wildman–Crippen LogP) is 3.08. The van der Waals surface area contributed by atoms with E-state index in [4.69, 9.17) is 15.2 Å². The summed E-state index contributed by atoms with van der Waals surface area (Å²) < 4.78 is 11.0. The van der Waals surface area contributed by atoms with Gasteiger partial charge in [0, 0.05) is 6.20 Å². The van der Waals surface area contributed by atoms with Crippen molar-refractivity contribution in [2.45, 2.75) is 13.8 Å². The van der Waals surface area contributed by atoms with E-state index in [1.54, 1.807) is 13.3 Å². The van der Waals surface area contributed by atoms with Gasteiger partial charge in [-0.3, -0.25) is 0 Å². The smallest absolute Gasteiger partial charge is 0.243 e. The lowest BCUT2D eigenvalue weighted by atomic mass is 10.2. The molecule has 94 valence electrons. The summed E-state index contributed by atoms with van der Waals surface area (Å²) in [6.07, 6.45) is 1.67. The third kappa shape index (κ3) is 2.37. The second kappa shape index (κ2) is 4.96. The number of ether oxygens (including phenoxy) is 2. The maximum Gasteiger partial charge on any atom is 0.243 e. The maximum atomic E-state index is 5.92. The van der Waals surface area contributed by atoms with E-state index in [9.17, 15) is 0 Å². The van der Waals surface area contributed by atoms with Crippen LogP contribution in [0.2, 0.25) is 0 Å². The van der Waals surface area contributed by atoms with Crippen molar-refractivity contribution in [1.82, 2.24) is 4.98 Å². The molecule has 4 heteroatoms. The monoisotopic (exact) mass is 244 g/mol. The lowest BCUT2D eigenvalue weighted by molar-refractivity contribution is 0.374. The molecule has 0 spiro atoms. The van der Waals surface area contributed by atoms with Crippen LogP contribution < -0.4 is 15.2 Å². The minimum Gasteiger partial charge on any atom is -0.493 e. The third-order valence-electron chi connectivity index (χ3n) is 2.70. The average molecular weight is 244 g/mol. The summed E-state index contributed by atoms with van der Waals surface area (Å²) in [4.78, 5) is 4.13. The molecule has 18 heavy (non-hydrogen) atoms. The minimum absolute atomic E-state index is 0.400. The Morgan fingerprint density at radius 1 is 1.11 bits per heavy atom. The molecule has 0 aliphatic heterocycles. The molecule has 0 unspecified atom stereocenters. The predicted molar refractivity (Wildman–Crippen MR) is 71.2 cm³/mol. The number of methoxy groups -OCH3 is 1. The third-order valence-corrected chi connectivity index (χ3v) is 2.70. The summed E-state index contributed by atoms with van der Waals surface area (Å²) in [5.74, 6) is 1.67. The fourth-order valence-electron chi connectivity index (χ4n) is 1.59. The minimum atomic E-state index is 0.400. The summed E-state index contributed by atoms with van der Waals surface area (Å²) in [7, 11) is 1.61.